The van der Waals surface area contributed by atoms with E-state index < -0.39 is 5.60 Å². The number of ether oxygens (including phenoxy) is 1. The lowest BCUT2D eigenvalue weighted by Gasteiger charge is -2.34. The van der Waals surface area contributed by atoms with Crippen LogP contribution in [0.4, 0.5) is 0 Å². The monoisotopic (exact) mass is 369 g/mol. The fourth-order valence-electron chi connectivity index (χ4n) is 2.44. The molecule has 0 saturated carbocycles. The molecule has 1 aromatic rings. The van der Waals surface area contributed by atoms with E-state index in [0.717, 1.165) is 43.1 Å². The van der Waals surface area contributed by atoms with E-state index >= 15 is 0 Å². The first-order valence-electron chi connectivity index (χ1n) is 7.04. The van der Waals surface area contributed by atoms with Gasteiger partial charge in [0.15, 0.2) is 0 Å². The first kappa shape index (κ1) is 21.6. The Balaban J connectivity index is 0.00000220. The quantitative estimate of drug-likeness (QED) is 0.833. The minimum atomic E-state index is -0.653. The van der Waals surface area contributed by atoms with Gasteiger partial charge < -0.3 is 15.4 Å². The zero-order valence-electron chi connectivity index (χ0n) is 13.2. The zero-order chi connectivity index (χ0) is 14.6. The second kappa shape index (κ2) is 9.67. The Morgan fingerprint density at radius 2 is 2.00 bits per heavy atom. The molecule has 0 atom stereocenters. The highest BCUT2D eigenvalue weighted by atomic mass is 35.5. The molecule has 1 fully saturated rings. The molecular weight excluding hydrogens is 345 g/mol. The van der Waals surface area contributed by atoms with E-state index in [1.54, 1.807) is 18.4 Å². The Labute approximate surface area is 148 Å². The highest BCUT2D eigenvalue weighted by Gasteiger charge is 2.39. The maximum atomic E-state index is 12.3. The Morgan fingerprint density at radius 3 is 2.50 bits per heavy atom. The third-order valence-electron chi connectivity index (χ3n) is 3.91. The molecule has 1 aliphatic heterocycles. The van der Waals surface area contributed by atoms with E-state index in [2.05, 4.69) is 22.5 Å². The van der Waals surface area contributed by atoms with Gasteiger partial charge in [0.1, 0.15) is 5.60 Å². The van der Waals surface area contributed by atoms with Gasteiger partial charge in [0.05, 0.1) is 10.7 Å². The van der Waals surface area contributed by atoms with Crippen LogP contribution in [-0.4, -0.2) is 43.2 Å². The van der Waals surface area contributed by atoms with Gasteiger partial charge >= 0.3 is 0 Å². The van der Waals surface area contributed by atoms with Gasteiger partial charge in [0, 0.05) is 25.0 Å². The summed E-state index contributed by atoms with van der Waals surface area (Å²) in [6, 6.07) is 0. The largest absolute Gasteiger partial charge is 0.368 e. The SMILES string of the molecule is COC1(C(=O)NCCc2nc(C)c(C)s2)CCNCC1.Cl.Cl. The number of piperidine rings is 1. The molecule has 1 amide bonds. The Hall–Kier alpha value is -0.400. The minimum absolute atomic E-state index is 0. The van der Waals surface area contributed by atoms with Crippen molar-refractivity contribution in [3.05, 3.63) is 15.6 Å². The van der Waals surface area contributed by atoms with E-state index in [9.17, 15) is 4.79 Å². The van der Waals surface area contributed by atoms with Crippen molar-refractivity contribution in [2.75, 3.05) is 26.7 Å². The van der Waals surface area contributed by atoms with Gasteiger partial charge in [-0.15, -0.1) is 36.2 Å². The van der Waals surface area contributed by atoms with E-state index in [4.69, 9.17) is 4.74 Å². The first-order valence-corrected chi connectivity index (χ1v) is 7.86. The molecule has 1 aromatic heterocycles. The lowest BCUT2D eigenvalue weighted by molar-refractivity contribution is -0.146. The third kappa shape index (κ3) is 5.06. The normalized spacial score (nSPS) is 16.3. The number of nitrogens with zero attached hydrogens (tertiary/aromatic N) is 1. The summed E-state index contributed by atoms with van der Waals surface area (Å²) in [5, 5.41) is 7.33. The summed E-state index contributed by atoms with van der Waals surface area (Å²) in [6.07, 6.45) is 2.23. The van der Waals surface area contributed by atoms with Gasteiger partial charge in [-0.3, -0.25) is 4.79 Å². The summed E-state index contributed by atoms with van der Waals surface area (Å²) in [4.78, 5) is 18.1. The summed E-state index contributed by atoms with van der Waals surface area (Å²) in [5.74, 6) is 0.00602. The third-order valence-corrected chi connectivity index (χ3v) is 5.05. The predicted molar refractivity (Wildman–Crippen MR) is 94.6 cm³/mol. The molecule has 2 rings (SSSR count). The predicted octanol–water partition coefficient (Wildman–Crippen LogP) is 2.03. The number of aryl methyl sites for hydroxylation is 2. The number of hydrogen-bond donors (Lipinski definition) is 2. The standard InChI is InChI=1S/C14H23N3O2S.2ClH/c1-10-11(2)20-12(17-10)4-7-16-13(18)14(19-3)5-8-15-9-6-14;;/h15H,4-9H2,1-3H3,(H,16,18);2*1H. The number of hydrogen-bond acceptors (Lipinski definition) is 5. The van der Waals surface area contributed by atoms with Crippen LogP contribution in [0, 0.1) is 13.8 Å². The smallest absolute Gasteiger partial charge is 0.252 e. The highest BCUT2D eigenvalue weighted by Crippen LogP contribution is 2.22. The van der Waals surface area contributed by atoms with E-state index in [1.165, 1.54) is 4.88 Å². The number of carbonyl (C=O) groups excluding carboxylic acids is 1. The number of aromatic nitrogens is 1. The fraction of sp³-hybridized carbons (Fsp3) is 0.714. The Morgan fingerprint density at radius 1 is 1.36 bits per heavy atom. The molecule has 2 heterocycles. The van der Waals surface area contributed by atoms with Crippen molar-refractivity contribution in [1.29, 1.82) is 0 Å². The van der Waals surface area contributed by atoms with Crippen LogP contribution in [0.25, 0.3) is 0 Å². The van der Waals surface area contributed by atoms with Crippen molar-refractivity contribution in [3.8, 4) is 0 Å². The van der Waals surface area contributed by atoms with E-state index in [-0.39, 0.29) is 30.7 Å². The van der Waals surface area contributed by atoms with Gasteiger partial charge in [0.2, 0.25) is 0 Å². The van der Waals surface area contributed by atoms with Crippen LogP contribution in [-0.2, 0) is 16.0 Å². The maximum Gasteiger partial charge on any atom is 0.252 e. The molecule has 0 aromatic carbocycles. The van der Waals surface area contributed by atoms with Crippen LogP contribution in [0.2, 0.25) is 0 Å². The summed E-state index contributed by atoms with van der Waals surface area (Å²) >= 11 is 1.70. The van der Waals surface area contributed by atoms with Gasteiger partial charge in [0.25, 0.3) is 5.91 Å². The lowest BCUT2D eigenvalue weighted by atomic mass is 9.91. The van der Waals surface area contributed by atoms with Crippen LogP contribution in [0.5, 0.6) is 0 Å². The molecule has 22 heavy (non-hydrogen) atoms. The van der Waals surface area contributed by atoms with Gasteiger partial charge in [-0.2, -0.15) is 0 Å². The molecule has 128 valence electrons. The molecule has 0 unspecified atom stereocenters. The zero-order valence-corrected chi connectivity index (χ0v) is 15.7. The number of rotatable bonds is 5. The van der Waals surface area contributed by atoms with Crippen LogP contribution in [0.15, 0.2) is 0 Å². The summed E-state index contributed by atoms with van der Waals surface area (Å²) < 4.78 is 5.50. The van der Waals surface area contributed by atoms with Crippen molar-refractivity contribution >= 4 is 42.1 Å². The Bertz CT molecular complexity index is 457. The van der Waals surface area contributed by atoms with Crippen molar-refractivity contribution < 1.29 is 9.53 Å². The average molecular weight is 370 g/mol. The molecule has 1 aliphatic rings. The van der Waals surface area contributed by atoms with Crippen LogP contribution in [0.3, 0.4) is 0 Å². The number of nitrogens with one attached hydrogen (secondary N) is 2. The van der Waals surface area contributed by atoms with Crippen molar-refractivity contribution in [2.24, 2.45) is 0 Å². The summed E-state index contributed by atoms with van der Waals surface area (Å²) in [7, 11) is 1.62. The second-order valence-corrected chi connectivity index (χ2v) is 6.49. The molecule has 5 nitrogen and oxygen atoms in total. The van der Waals surface area contributed by atoms with Crippen molar-refractivity contribution in [3.63, 3.8) is 0 Å². The number of methoxy groups -OCH3 is 1. The second-order valence-electron chi connectivity index (χ2n) is 5.20. The average Bonchev–Trinajstić information content (AvgIpc) is 2.78. The topological polar surface area (TPSA) is 63.2 Å². The number of amides is 1. The van der Waals surface area contributed by atoms with Crippen LogP contribution >= 0.6 is 36.2 Å². The molecule has 8 heteroatoms. The summed E-state index contributed by atoms with van der Waals surface area (Å²) in [6.45, 7) is 6.36. The number of thiazole rings is 1. The first-order chi connectivity index (χ1) is 9.57. The minimum Gasteiger partial charge on any atom is -0.368 e. The highest BCUT2D eigenvalue weighted by molar-refractivity contribution is 7.11. The molecule has 0 spiro atoms. The van der Waals surface area contributed by atoms with Crippen LogP contribution in [0.1, 0.15) is 28.4 Å². The van der Waals surface area contributed by atoms with Gasteiger partial charge in [-0.25, -0.2) is 4.98 Å². The van der Waals surface area contributed by atoms with Gasteiger partial charge in [-0.05, 0) is 39.8 Å². The summed E-state index contributed by atoms with van der Waals surface area (Å²) in [5.41, 5.74) is 0.433. The molecular formula is C14H25Cl2N3O2S. The van der Waals surface area contributed by atoms with Crippen molar-refractivity contribution in [1.82, 2.24) is 15.6 Å². The molecule has 0 bridgehead atoms. The fourth-order valence-corrected chi connectivity index (χ4v) is 3.38. The molecule has 0 radical (unpaired) electrons. The van der Waals surface area contributed by atoms with E-state index in [0.29, 0.717) is 6.54 Å². The number of halogens is 2. The van der Waals surface area contributed by atoms with Crippen LogP contribution < -0.4 is 10.6 Å². The Kier molecular flexibility index (Phi) is 9.50. The van der Waals surface area contributed by atoms with Crippen molar-refractivity contribution in [2.45, 2.75) is 38.7 Å². The lowest BCUT2D eigenvalue weighted by Crippen LogP contribution is -2.54. The van der Waals surface area contributed by atoms with E-state index in [1.807, 2.05) is 6.92 Å². The maximum absolute atomic E-state index is 12.3. The molecule has 1 saturated heterocycles. The molecule has 0 aliphatic carbocycles. The molecule has 2 N–H and O–H groups in total. The number of carbonyl (C=O) groups is 1. The van der Waals surface area contributed by atoms with Gasteiger partial charge in [-0.1, -0.05) is 0 Å².